The number of aliphatic imine (C=N–C) groups is 1. The zero-order valence-electron chi connectivity index (χ0n) is 18.0. The summed E-state index contributed by atoms with van der Waals surface area (Å²) in [5.74, 6) is 1.69. The summed E-state index contributed by atoms with van der Waals surface area (Å²) in [6.07, 6.45) is 3.51. The van der Waals surface area contributed by atoms with E-state index in [1.807, 2.05) is 26.2 Å². The van der Waals surface area contributed by atoms with Gasteiger partial charge in [0, 0.05) is 39.9 Å². The van der Waals surface area contributed by atoms with Gasteiger partial charge in [0.1, 0.15) is 12.4 Å². The van der Waals surface area contributed by atoms with Crippen molar-refractivity contribution in [2.75, 3.05) is 60.7 Å². The molecule has 29 heavy (non-hydrogen) atoms. The van der Waals surface area contributed by atoms with E-state index in [1.54, 1.807) is 7.05 Å². The average molecular weight is 520 g/mol. The van der Waals surface area contributed by atoms with Crippen LogP contribution in [-0.4, -0.2) is 77.6 Å². The molecule has 166 valence electrons. The first-order valence-corrected chi connectivity index (χ1v) is 10.2. The molecule has 0 aromatic heterocycles. The number of nitrogens with one attached hydrogen (secondary N) is 2. The summed E-state index contributed by atoms with van der Waals surface area (Å²) in [5.41, 5.74) is 1.16. The van der Waals surface area contributed by atoms with Crippen molar-refractivity contribution in [3.8, 4) is 5.75 Å². The molecule has 8 heteroatoms. The lowest BCUT2D eigenvalue weighted by Gasteiger charge is -2.14. The molecule has 7 nitrogen and oxygen atoms in total. The van der Waals surface area contributed by atoms with E-state index in [1.165, 1.54) is 0 Å². The molecule has 0 spiro atoms. The van der Waals surface area contributed by atoms with Crippen LogP contribution in [0.15, 0.2) is 29.3 Å². The molecular weight excluding hydrogens is 483 g/mol. The largest absolute Gasteiger partial charge is 0.492 e. The number of hydrogen-bond donors (Lipinski definition) is 2. The van der Waals surface area contributed by atoms with Gasteiger partial charge in [0.15, 0.2) is 5.96 Å². The molecule has 1 heterocycles. The molecule has 0 bridgehead atoms. The smallest absolute Gasteiger partial charge is 0.191 e. The van der Waals surface area contributed by atoms with Crippen molar-refractivity contribution in [2.45, 2.75) is 31.9 Å². The fraction of sp³-hybridized carbons (Fsp3) is 0.667. The summed E-state index contributed by atoms with van der Waals surface area (Å²) >= 11 is 0. The predicted molar refractivity (Wildman–Crippen MR) is 129 cm³/mol. The number of hydrogen-bond acceptors (Lipinski definition) is 5. The fourth-order valence-electron chi connectivity index (χ4n) is 2.87. The fourth-order valence-corrected chi connectivity index (χ4v) is 2.87. The van der Waals surface area contributed by atoms with Crippen LogP contribution in [0.3, 0.4) is 0 Å². The second kappa shape index (κ2) is 15.7. The highest BCUT2D eigenvalue weighted by Gasteiger charge is 2.14. The highest BCUT2D eigenvalue weighted by Crippen LogP contribution is 2.13. The first-order chi connectivity index (χ1) is 13.7. The molecule has 0 amide bonds. The van der Waals surface area contributed by atoms with Gasteiger partial charge in [-0.25, -0.2) is 0 Å². The maximum absolute atomic E-state index is 5.79. The maximum atomic E-state index is 5.79. The number of guanidine groups is 1. The van der Waals surface area contributed by atoms with Crippen LogP contribution < -0.4 is 15.4 Å². The van der Waals surface area contributed by atoms with E-state index in [0.717, 1.165) is 62.8 Å². The molecule has 1 unspecified atom stereocenters. The lowest BCUT2D eigenvalue weighted by molar-refractivity contribution is 0.0168. The Morgan fingerprint density at radius 1 is 1.28 bits per heavy atom. The summed E-state index contributed by atoms with van der Waals surface area (Å²) < 4.78 is 17.0. The summed E-state index contributed by atoms with van der Waals surface area (Å²) in [6, 6.07) is 8.15. The quantitative estimate of drug-likeness (QED) is 0.191. The van der Waals surface area contributed by atoms with Crippen LogP contribution in [0, 0.1) is 0 Å². The second-order valence-electron chi connectivity index (χ2n) is 7.22. The lowest BCUT2D eigenvalue weighted by Crippen LogP contribution is -2.37. The van der Waals surface area contributed by atoms with Crippen molar-refractivity contribution in [1.29, 1.82) is 0 Å². The van der Waals surface area contributed by atoms with Crippen molar-refractivity contribution < 1.29 is 14.2 Å². The number of nitrogens with zero attached hydrogens (tertiary/aromatic N) is 2. The maximum Gasteiger partial charge on any atom is 0.191 e. The number of likely N-dealkylation sites (N-methyl/N-ethyl adjacent to an activating group) is 1. The minimum Gasteiger partial charge on any atom is -0.492 e. The standard InChI is InChI=1S/C21H36N4O3.HI/c1-22-21(23-10-6-12-26-17-20-9-5-13-27-20)24-16-18-7-4-8-19(15-18)28-14-11-25(2)3;/h4,7-8,15,20H,5-6,9-14,16-17H2,1-3H3,(H2,22,23,24);1H. The zero-order chi connectivity index (χ0) is 20.0. The Labute approximate surface area is 192 Å². The van der Waals surface area contributed by atoms with E-state index < -0.39 is 0 Å². The first kappa shape index (κ1) is 25.9. The normalized spacial score (nSPS) is 16.6. The molecular formula is C21H37IN4O3. The van der Waals surface area contributed by atoms with Gasteiger partial charge in [-0.15, -0.1) is 24.0 Å². The molecule has 1 aromatic carbocycles. The Hall–Kier alpha value is -1.10. The van der Waals surface area contributed by atoms with Gasteiger partial charge in [0.2, 0.25) is 0 Å². The zero-order valence-corrected chi connectivity index (χ0v) is 20.3. The molecule has 0 saturated carbocycles. The summed E-state index contributed by atoms with van der Waals surface area (Å²) in [4.78, 5) is 6.38. The number of benzene rings is 1. The third-order valence-electron chi connectivity index (χ3n) is 4.47. The van der Waals surface area contributed by atoms with Crippen LogP contribution in [0.5, 0.6) is 5.75 Å². The van der Waals surface area contributed by atoms with Gasteiger partial charge < -0.3 is 29.7 Å². The van der Waals surface area contributed by atoms with Gasteiger partial charge in [-0.05, 0) is 51.1 Å². The molecule has 0 radical (unpaired) electrons. The molecule has 1 aromatic rings. The SMILES string of the molecule is CN=C(NCCCOCC1CCCO1)NCc1cccc(OCCN(C)C)c1.I. The lowest BCUT2D eigenvalue weighted by atomic mass is 10.2. The minimum absolute atomic E-state index is 0. The van der Waals surface area contributed by atoms with Crippen molar-refractivity contribution in [2.24, 2.45) is 4.99 Å². The molecule has 1 aliphatic rings. The number of ether oxygens (including phenoxy) is 3. The molecule has 1 saturated heterocycles. The van der Waals surface area contributed by atoms with E-state index >= 15 is 0 Å². The predicted octanol–water partition coefficient (Wildman–Crippen LogP) is 2.50. The molecule has 2 N–H and O–H groups in total. The van der Waals surface area contributed by atoms with Crippen LogP contribution >= 0.6 is 24.0 Å². The summed E-state index contributed by atoms with van der Waals surface area (Å²) in [7, 11) is 5.86. The molecule has 2 rings (SSSR count). The Bertz CT molecular complexity index is 581. The third kappa shape index (κ3) is 11.6. The van der Waals surface area contributed by atoms with Crippen LogP contribution in [0.4, 0.5) is 0 Å². The van der Waals surface area contributed by atoms with Crippen LogP contribution in [-0.2, 0) is 16.0 Å². The van der Waals surface area contributed by atoms with E-state index in [9.17, 15) is 0 Å². The van der Waals surface area contributed by atoms with Crippen LogP contribution in [0.1, 0.15) is 24.8 Å². The molecule has 0 aliphatic carbocycles. The Morgan fingerprint density at radius 2 is 2.14 bits per heavy atom. The number of rotatable bonds is 12. The minimum atomic E-state index is 0. The van der Waals surface area contributed by atoms with Crippen molar-refractivity contribution >= 4 is 29.9 Å². The van der Waals surface area contributed by atoms with E-state index in [2.05, 4.69) is 32.7 Å². The summed E-state index contributed by atoms with van der Waals surface area (Å²) in [5, 5.41) is 6.66. The molecule has 1 aliphatic heterocycles. The highest BCUT2D eigenvalue weighted by atomic mass is 127. The van der Waals surface area contributed by atoms with Crippen molar-refractivity contribution in [3.05, 3.63) is 29.8 Å². The highest BCUT2D eigenvalue weighted by molar-refractivity contribution is 14.0. The Kier molecular flexibility index (Phi) is 14.0. The number of halogens is 1. The van der Waals surface area contributed by atoms with Crippen LogP contribution in [0.25, 0.3) is 0 Å². The topological polar surface area (TPSA) is 67.4 Å². The molecule has 1 fully saturated rings. The monoisotopic (exact) mass is 520 g/mol. The second-order valence-corrected chi connectivity index (χ2v) is 7.22. The van der Waals surface area contributed by atoms with Gasteiger partial charge in [-0.2, -0.15) is 0 Å². The van der Waals surface area contributed by atoms with Gasteiger partial charge in [-0.1, -0.05) is 12.1 Å². The third-order valence-corrected chi connectivity index (χ3v) is 4.47. The van der Waals surface area contributed by atoms with E-state index in [0.29, 0.717) is 25.9 Å². The Balaban J connectivity index is 0.00000420. The van der Waals surface area contributed by atoms with Gasteiger partial charge in [0.25, 0.3) is 0 Å². The van der Waals surface area contributed by atoms with Gasteiger partial charge in [0.05, 0.1) is 12.7 Å². The van der Waals surface area contributed by atoms with Gasteiger partial charge in [-0.3, -0.25) is 4.99 Å². The average Bonchev–Trinajstić information content (AvgIpc) is 3.20. The Morgan fingerprint density at radius 3 is 2.86 bits per heavy atom. The van der Waals surface area contributed by atoms with Crippen molar-refractivity contribution in [3.63, 3.8) is 0 Å². The summed E-state index contributed by atoms with van der Waals surface area (Å²) in [6.45, 7) is 5.41. The van der Waals surface area contributed by atoms with Gasteiger partial charge >= 0.3 is 0 Å². The van der Waals surface area contributed by atoms with E-state index in [-0.39, 0.29) is 24.0 Å². The first-order valence-electron chi connectivity index (χ1n) is 10.2. The van der Waals surface area contributed by atoms with Crippen molar-refractivity contribution in [1.82, 2.24) is 15.5 Å². The molecule has 1 atom stereocenters. The van der Waals surface area contributed by atoms with E-state index in [4.69, 9.17) is 14.2 Å². The van der Waals surface area contributed by atoms with Crippen LogP contribution in [0.2, 0.25) is 0 Å².